The maximum absolute atomic E-state index is 10.4. The van der Waals surface area contributed by atoms with Crippen molar-refractivity contribution in [3.8, 4) is 0 Å². The Kier molecular flexibility index (Phi) is 14.1. The second-order valence-corrected chi connectivity index (χ2v) is 5.14. The summed E-state index contributed by atoms with van der Waals surface area (Å²) in [4.78, 5) is 10.4. The number of carboxylic acids is 1. The first-order valence-electron chi connectivity index (χ1n) is 8.04. The Bertz CT molecular complexity index is 329. The first-order valence-corrected chi connectivity index (χ1v) is 8.04. The standard InChI is InChI=1S/C18H30O3/c1-2-3-4-5-6-7-8-9-10-11-12-13-14-15-16-17(19)18(20)21/h3-4,6-7,9-10,17,19H,2,5,8,11-16H2,1H3,(H,20,21)/b4-3+,7-6+,10-9+. The van der Waals surface area contributed by atoms with Crippen molar-refractivity contribution in [2.75, 3.05) is 0 Å². The first kappa shape index (κ1) is 19.7. The third kappa shape index (κ3) is 14.9. The molecule has 0 bridgehead atoms. The van der Waals surface area contributed by atoms with E-state index < -0.39 is 12.1 Å². The van der Waals surface area contributed by atoms with Crippen molar-refractivity contribution < 1.29 is 15.0 Å². The number of aliphatic hydroxyl groups excluding tert-OH is 1. The van der Waals surface area contributed by atoms with Crippen LogP contribution in [0.3, 0.4) is 0 Å². The van der Waals surface area contributed by atoms with E-state index in [2.05, 4.69) is 43.4 Å². The molecule has 0 aromatic carbocycles. The van der Waals surface area contributed by atoms with E-state index in [1.807, 2.05) is 0 Å². The van der Waals surface area contributed by atoms with E-state index in [0.717, 1.165) is 51.4 Å². The number of unbranched alkanes of at least 4 members (excludes halogenated alkanes) is 4. The van der Waals surface area contributed by atoms with Crippen LogP contribution >= 0.6 is 0 Å². The molecule has 0 aromatic rings. The summed E-state index contributed by atoms with van der Waals surface area (Å²) in [5.74, 6) is -1.11. The minimum atomic E-state index is -1.19. The predicted molar refractivity (Wildman–Crippen MR) is 88.3 cm³/mol. The number of aliphatic carboxylic acids is 1. The molecule has 0 amide bonds. The minimum absolute atomic E-state index is 0.364. The Morgan fingerprint density at radius 2 is 1.48 bits per heavy atom. The number of aliphatic hydroxyl groups is 1. The second-order valence-electron chi connectivity index (χ2n) is 5.14. The van der Waals surface area contributed by atoms with Crippen LogP contribution in [0, 0.1) is 0 Å². The van der Waals surface area contributed by atoms with Crippen LogP contribution in [-0.4, -0.2) is 22.3 Å². The fourth-order valence-corrected chi connectivity index (χ4v) is 1.90. The Morgan fingerprint density at radius 3 is 2.10 bits per heavy atom. The molecule has 0 rings (SSSR count). The van der Waals surface area contributed by atoms with Crippen molar-refractivity contribution in [1.29, 1.82) is 0 Å². The molecule has 1 unspecified atom stereocenters. The van der Waals surface area contributed by atoms with Gasteiger partial charge in [0.05, 0.1) is 0 Å². The zero-order valence-electron chi connectivity index (χ0n) is 13.2. The zero-order chi connectivity index (χ0) is 15.8. The monoisotopic (exact) mass is 294 g/mol. The molecule has 2 N–H and O–H groups in total. The number of hydrogen-bond donors (Lipinski definition) is 2. The topological polar surface area (TPSA) is 57.5 Å². The fraction of sp³-hybridized carbons (Fsp3) is 0.611. The summed E-state index contributed by atoms with van der Waals surface area (Å²) >= 11 is 0. The van der Waals surface area contributed by atoms with Gasteiger partial charge in [0, 0.05) is 0 Å². The van der Waals surface area contributed by atoms with Gasteiger partial charge in [-0.2, -0.15) is 0 Å². The molecule has 3 nitrogen and oxygen atoms in total. The van der Waals surface area contributed by atoms with Gasteiger partial charge in [-0.25, -0.2) is 4.79 Å². The lowest BCUT2D eigenvalue weighted by Gasteiger charge is -2.04. The number of carbonyl (C=O) groups is 1. The van der Waals surface area contributed by atoms with Gasteiger partial charge in [-0.05, 0) is 38.5 Å². The summed E-state index contributed by atoms with van der Waals surface area (Å²) in [6.45, 7) is 2.14. The molecule has 1 atom stereocenters. The molecule has 0 aliphatic rings. The normalized spacial score (nSPS) is 13.6. The molecule has 0 aliphatic heterocycles. The number of rotatable bonds is 13. The maximum Gasteiger partial charge on any atom is 0.332 e. The number of allylic oxidation sites excluding steroid dienone is 6. The summed E-state index contributed by atoms with van der Waals surface area (Å²) in [5, 5.41) is 17.6. The van der Waals surface area contributed by atoms with Crippen LogP contribution in [-0.2, 0) is 4.79 Å². The molecule has 0 radical (unpaired) electrons. The van der Waals surface area contributed by atoms with Crippen molar-refractivity contribution in [2.45, 2.75) is 70.8 Å². The smallest absolute Gasteiger partial charge is 0.332 e. The van der Waals surface area contributed by atoms with Gasteiger partial charge >= 0.3 is 5.97 Å². The number of hydrogen-bond acceptors (Lipinski definition) is 2. The van der Waals surface area contributed by atoms with E-state index in [1.54, 1.807) is 0 Å². The quantitative estimate of drug-likeness (QED) is 0.384. The van der Waals surface area contributed by atoms with Gasteiger partial charge in [0.2, 0.25) is 0 Å². The van der Waals surface area contributed by atoms with Crippen LogP contribution in [0.4, 0.5) is 0 Å². The molecular formula is C18H30O3. The highest BCUT2D eigenvalue weighted by Gasteiger charge is 2.11. The summed E-state index contributed by atoms with van der Waals surface area (Å²) in [6, 6.07) is 0. The van der Waals surface area contributed by atoms with Crippen molar-refractivity contribution in [1.82, 2.24) is 0 Å². The molecule has 120 valence electrons. The van der Waals surface area contributed by atoms with E-state index in [9.17, 15) is 4.79 Å². The van der Waals surface area contributed by atoms with Gasteiger partial charge < -0.3 is 10.2 Å². The lowest BCUT2D eigenvalue weighted by Crippen LogP contribution is -2.18. The van der Waals surface area contributed by atoms with E-state index in [-0.39, 0.29) is 0 Å². The van der Waals surface area contributed by atoms with E-state index >= 15 is 0 Å². The summed E-state index contributed by atoms with van der Waals surface area (Å²) in [6.07, 6.45) is 20.5. The average Bonchev–Trinajstić information content (AvgIpc) is 2.47. The van der Waals surface area contributed by atoms with Crippen LogP contribution < -0.4 is 0 Å². The second kappa shape index (κ2) is 15.0. The first-order chi connectivity index (χ1) is 10.2. The molecule has 0 saturated carbocycles. The molecule has 0 aromatic heterocycles. The molecule has 0 fully saturated rings. The van der Waals surface area contributed by atoms with Crippen LogP contribution in [0.1, 0.15) is 64.7 Å². The SMILES string of the molecule is CC/C=C/C/C=C/C/C=C/CCCCCCC(O)C(=O)O. The Labute approximate surface area is 129 Å². The van der Waals surface area contributed by atoms with Gasteiger partial charge in [-0.3, -0.25) is 0 Å². The van der Waals surface area contributed by atoms with Crippen molar-refractivity contribution in [3.05, 3.63) is 36.5 Å². The highest BCUT2D eigenvalue weighted by Crippen LogP contribution is 2.08. The predicted octanol–water partition coefficient (Wildman–Crippen LogP) is 4.63. The Morgan fingerprint density at radius 1 is 0.905 bits per heavy atom. The lowest BCUT2D eigenvalue weighted by atomic mass is 10.1. The molecule has 0 saturated heterocycles. The van der Waals surface area contributed by atoms with Crippen LogP contribution in [0.25, 0.3) is 0 Å². The van der Waals surface area contributed by atoms with E-state index in [4.69, 9.17) is 10.2 Å². The summed E-state index contributed by atoms with van der Waals surface area (Å²) in [7, 11) is 0. The van der Waals surface area contributed by atoms with Gasteiger partial charge in [-0.15, -0.1) is 0 Å². The van der Waals surface area contributed by atoms with E-state index in [0.29, 0.717) is 6.42 Å². The number of carboxylic acid groups (broad SMARTS) is 1. The van der Waals surface area contributed by atoms with Crippen molar-refractivity contribution in [3.63, 3.8) is 0 Å². The Balaban J connectivity index is 3.33. The molecule has 0 spiro atoms. The van der Waals surface area contributed by atoms with Crippen LogP contribution in [0.2, 0.25) is 0 Å². The van der Waals surface area contributed by atoms with Gasteiger partial charge in [0.25, 0.3) is 0 Å². The maximum atomic E-state index is 10.4. The lowest BCUT2D eigenvalue weighted by molar-refractivity contribution is -0.146. The molecule has 21 heavy (non-hydrogen) atoms. The molecule has 0 heterocycles. The highest BCUT2D eigenvalue weighted by atomic mass is 16.4. The molecule has 3 heteroatoms. The third-order valence-corrected chi connectivity index (χ3v) is 3.16. The van der Waals surface area contributed by atoms with Crippen LogP contribution in [0.15, 0.2) is 36.5 Å². The summed E-state index contributed by atoms with van der Waals surface area (Å²) < 4.78 is 0. The average molecular weight is 294 g/mol. The highest BCUT2D eigenvalue weighted by molar-refractivity contribution is 5.71. The van der Waals surface area contributed by atoms with Gasteiger partial charge in [0.15, 0.2) is 6.10 Å². The van der Waals surface area contributed by atoms with Gasteiger partial charge in [0.1, 0.15) is 0 Å². The largest absolute Gasteiger partial charge is 0.479 e. The van der Waals surface area contributed by atoms with Crippen molar-refractivity contribution in [2.24, 2.45) is 0 Å². The zero-order valence-corrected chi connectivity index (χ0v) is 13.2. The minimum Gasteiger partial charge on any atom is -0.479 e. The third-order valence-electron chi connectivity index (χ3n) is 3.16. The van der Waals surface area contributed by atoms with Crippen LogP contribution in [0.5, 0.6) is 0 Å². The van der Waals surface area contributed by atoms with Gasteiger partial charge in [-0.1, -0.05) is 62.6 Å². The van der Waals surface area contributed by atoms with Crippen molar-refractivity contribution >= 4 is 5.97 Å². The fourth-order valence-electron chi connectivity index (χ4n) is 1.90. The molecule has 0 aliphatic carbocycles. The Hall–Kier alpha value is -1.35. The van der Waals surface area contributed by atoms with E-state index in [1.165, 1.54) is 0 Å². The summed E-state index contributed by atoms with van der Waals surface area (Å²) in [5.41, 5.74) is 0. The molecular weight excluding hydrogens is 264 g/mol.